The zero-order valence-electron chi connectivity index (χ0n) is 16.7. The molecule has 2 N–H and O–H groups in total. The van der Waals surface area contributed by atoms with Crippen molar-refractivity contribution in [2.24, 2.45) is 5.92 Å². The van der Waals surface area contributed by atoms with Gasteiger partial charge in [-0.05, 0) is 18.0 Å². The minimum atomic E-state index is -0.366. The van der Waals surface area contributed by atoms with Crippen LogP contribution >= 0.6 is 0 Å². The standard InChI is InChI=1S/C20H28N6O2/c1-4-25(12-15-8-6-5-7-9-15)11-10-21-19(27)17-18-20(28)22-16(14(2)3)13-26(18)24-23-17/h5-9,14,16H,4,10-13H2,1-3H3,(H,21,27)(H,22,28)/t16-/m1/s1. The molecule has 1 aromatic heterocycles. The maximum absolute atomic E-state index is 12.5. The van der Waals surface area contributed by atoms with Crippen LogP contribution in [0.2, 0.25) is 0 Å². The number of fused-ring (bicyclic) bond motifs is 1. The van der Waals surface area contributed by atoms with Crippen molar-refractivity contribution in [1.29, 1.82) is 0 Å². The van der Waals surface area contributed by atoms with E-state index in [0.717, 1.165) is 13.1 Å². The fraction of sp³-hybridized carbons (Fsp3) is 0.500. The third-order valence-electron chi connectivity index (χ3n) is 5.07. The lowest BCUT2D eigenvalue weighted by molar-refractivity contribution is 0.0861. The lowest BCUT2D eigenvalue weighted by Crippen LogP contribution is -2.48. The Kier molecular flexibility index (Phi) is 6.41. The Labute approximate surface area is 165 Å². The summed E-state index contributed by atoms with van der Waals surface area (Å²) >= 11 is 0. The van der Waals surface area contributed by atoms with Crippen LogP contribution in [0, 0.1) is 5.92 Å². The van der Waals surface area contributed by atoms with Gasteiger partial charge in [-0.2, -0.15) is 0 Å². The van der Waals surface area contributed by atoms with Crippen LogP contribution in [0.4, 0.5) is 0 Å². The molecule has 150 valence electrons. The Balaban J connectivity index is 1.56. The monoisotopic (exact) mass is 384 g/mol. The summed E-state index contributed by atoms with van der Waals surface area (Å²) in [4.78, 5) is 27.2. The summed E-state index contributed by atoms with van der Waals surface area (Å²) in [5.74, 6) is -0.377. The van der Waals surface area contributed by atoms with Crippen LogP contribution in [-0.2, 0) is 13.1 Å². The molecule has 2 aromatic rings. The molecule has 28 heavy (non-hydrogen) atoms. The number of hydrogen-bond donors (Lipinski definition) is 2. The normalized spacial score (nSPS) is 16.2. The molecule has 1 atom stereocenters. The van der Waals surface area contributed by atoms with E-state index in [2.05, 4.69) is 44.9 Å². The highest BCUT2D eigenvalue weighted by atomic mass is 16.2. The Morgan fingerprint density at radius 1 is 1.36 bits per heavy atom. The molecule has 1 aliphatic rings. The van der Waals surface area contributed by atoms with Gasteiger partial charge in [0.15, 0.2) is 11.4 Å². The second-order valence-electron chi connectivity index (χ2n) is 7.40. The number of nitrogens with one attached hydrogen (secondary N) is 2. The predicted octanol–water partition coefficient (Wildman–Crippen LogP) is 1.30. The highest BCUT2D eigenvalue weighted by Crippen LogP contribution is 2.15. The van der Waals surface area contributed by atoms with Gasteiger partial charge in [0.2, 0.25) is 0 Å². The van der Waals surface area contributed by atoms with Gasteiger partial charge < -0.3 is 10.6 Å². The molecule has 0 saturated heterocycles. The summed E-state index contributed by atoms with van der Waals surface area (Å²) in [7, 11) is 0. The fourth-order valence-electron chi connectivity index (χ4n) is 3.27. The van der Waals surface area contributed by atoms with Gasteiger partial charge in [-0.1, -0.05) is 56.3 Å². The average Bonchev–Trinajstić information content (AvgIpc) is 3.12. The maximum atomic E-state index is 12.5. The fourth-order valence-corrected chi connectivity index (χ4v) is 3.27. The lowest BCUT2D eigenvalue weighted by atomic mass is 10.0. The Bertz CT molecular complexity index is 817. The van der Waals surface area contributed by atoms with Crippen LogP contribution in [0.25, 0.3) is 0 Å². The third-order valence-corrected chi connectivity index (χ3v) is 5.07. The van der Waals surface area contributed by atoms with E-state index in [9.17, 15) is 9.59 Å². The van der Waals surface area contributed by atoms with Crippen LogP contribution in [0.3, 0.4) is 0 Å². The van der Waals surface area contributed by atoms with E-state index in [-0.39, 0.29) is 35.2 Å². The predicted molar refractivity (Wildman–Crippen MR) is 106 cm³/mol. The molecular formula is C20H28N6O2. The van der Waals surface area contributed by atoms with Crippen molar-refractivity contribution in [2.45, 2.75) is 39.9 Å². The van der Waals surface area contributed by atoms with Crippen LogP contribution in [0.15, 0.2) is 30.3 Å². The van der Waals surface area contributed by atoms with Gasteiger partial charge in [0, 0.05) is 19.6 Å². The first-order valence-corrected chi connectivity index (χ1v) is 9.78. The SMILES string of the molecule is CCN(CCNC(=O)c1nnn2c1C(=O)N[C@@H](C(C)C)C2)Cc1ccccc1. The van der Waals surface area contributed by atoms with Crippen molar-refractivity contribution in [3.05, 3.63) is 47.3 Å². The van der Waals surface area contributed by atoms with E-state index in [1.54, 1.807) is 0 Å². The Morgan fingerprint density at radius 2 is 2.11 bits per heavy atom. The van der Waals surface area contributed by atoms with Crippen LogP contribution < -0.4 is 10.6 Å². The number of rotatable bonds is 8. The molecule has 0 saturated carbocycles. The molecule has 0 unspecified atom stereocenters. The highest BCUT2D eigenvalue weighted by molar-refractivity contribution is 6.05. The van der Waals surface area contributed by atoms with E-state index in [1.165, 1.54) is 10.2 Å². The minimum absolute atomic E-state index is 0.00582. The lowest BCUT2D eigenvalue weighted by Gasteiger charge is -2.27. The first-order chi connectivity index (χ1) is 13.5. The molecule has 0 aliphatic carbocycles. The first kappa shape index (κ1) is 20.0. The quantitative estimate of drug-likeness (QED) is 0.716. The zero-order chi connectivity index (χ0) is 20.1. The summed E-state index contributed by atoms with van der Waals surface area (Å²) in [5, 5.41) is 13.8. The zero-order valence-corrected chi connectivity index (χ0v) is 16.7. The number of aromatic nitrogens is 3. The molecule has 8 heteroatoms. The van der Waals surface area contributed by atoms with Gasteiger partial charge in [-0.15, -0.1) is 5.10 Å². The van der Waals surface area contributed by atoms with Gasteiger partial charge in [0.1, 0.15) is 0 Å². The van der Waals surface area contributed by atoms with E-state index in [1.807, 2.05) is 32.0 Å². The first-order valence-electron chi connectivity index (χ1n) is 9.78. The maximum Gasteiger partial charge on any atom is 0.274 e. The second-order valence-corrected chi connectivity index (χ2v) is 7.40. The molecule has 0 bridgehead atoms. The van der Waals surface area contributed by atoms with Crippen molar-refractivity contribution >= 4 is 11.8 Å². The number of benzene rings is 1. The van der Waals surface area contributed by atoms with Gasteiger partial charge >= 0.3 is 0 Å². The topological polar surface area (TPSA) is 92.2 Å². The van der Waals surface area contributed by atoms with Gasteiger partial charge in [0.25, 0.3) is 11.8 Å². The summed E-state index contributed by atoms with van der Waals surface area (Å²) in [5.41, 5.74) is 1.57. The highest BCUT2D eigenvalue weighted by Gasteiger charge is 2.32. The van der Waals surface area contributed by atoms with Crippen molar-refractivity contribution < 1.29 is 9.59 Å². The Hall–Kier alpha value is -2.74. The number of nitrogens with zero attached hydrogens (tertiary/aromatic N) is 4. The molecule has 0 fully saturated rings. The number of carbonyl (C=O) groups is 2. The van der Waals surface area contributed by atoms with E-state index >= 15 is 0 Å². The third kappa shape index (κ3) is 4.56. The molecule has 2 amide bonds. The summed E-state index contributed by atoms with van der Waals surface area (Å²) in [6, 6.07) is 10.2. The van der Waals surface area contributed by atoms with Crippen molar-refractivity contribution in [1.82, 2.24) is 30.5 Å². The molecule has 1 aliphatic heterocycles. The second kappa shape index (κ2) is 8.97. The molecule has 0 spiro atoms. The molecule has 1 aromatic carbocycles. The van der Waals surface area contributed by atoms with Crippen LogP contribution in [0.5, 0.6) is 0 Å². The smallest absolute Gasteiger partial charge is 0.274 e. The number of amides is 2. The van der Waals surface area contributed by atoms with E-state index in [4.69, 9.17) is 0 Å². The Morgan fingerprint density at radius 3 is 2.79 bits per heavy atom. The van der Waals surface area contributed by atoms with Crippen molar-refractivity contribution in [3.63, 3.8) is 0 Å². The molecular weight excluding hydrogens is 356 g/mol. The number of likely N-dealkylation sites (N-methyl/N-ethyl adjacent to an activating group) is 1. The van der Waals surface area contributed by atoms with E-state index < -0.39 is 0 Å². The van der Waals surface area contributed by atoms with Gasteiger partial charge in [-0.3, -0.25) is 14.5 Å². The minimum Gasteiger partial charge on any atom is -0.349 e. The largest absolute Gasteiger partial charge is 0.349 e. The molecule has 0 radical (unpaired) electrons. The van der Waals surface area contributed by atoms with Crippen LogP contribution in [0.1, 0.15) is 47.3 Å². The van der Waals surface area contributed by atoms with Crippen molar-refractivity contribution in [3.8, 4) is 0 Å². The van der Waals surface area contributed by atoms with Gasteiger partial charge in [0.05, 0.1) is 12.6 Å². The number of hydrogen-bond acceptors (Lipinski definition) is 5. The summed E-state index contributed by atoms with van der Waals surface area (Å²) in [6.45, 7) is 9.59. The number of carbonyl (C=O) groups excluding carboxylic acids is 2. The van der Waals surface area contributed by atoms with Gasteiger partial charge in [-0.25, -0.2) is 4.68 Å². The van der Waals surface area contributed by atoms with Crippen LogP contribution in [-0.4, -0.2) is 57.4 Å². The molecule has 2 heterocycles. The van der Waals surface area contributed by atoms with Crippen molar-refractivity contribution in [2.75, 3.05) is 19.6 Å². The molecule has 3 rings (SSSR count). The summed E-state index contributed by atoms with van der Waals surface area (Å²) in [6.07, 6.45) is 0. The van der Waals surface area contributed by atoms with E-state index in [0.29, 0.717) is 19.6 Å². The molecule has 8 nitrogen and oxygen atoms in total. The average molecular weight is 384 g/mol. The summed E-state index contributed by atoms with van der Waals surface area (Å²) < 4.78 is 1.53.